The van der Waals surface area contributed by atoms with Gasteiger partial charge in [-0.1, -0.05) is 48.0 Å². The number of nitrogens with zero attached hydrogens (tertiary/aromatic N) is 3. The molecule has 1 N–H and O–H groups in total. The highest BCUT2D eigenvalue weighted by atomic mass is 35.5. The number of likely N-dealkylation sites (tertiary alicyclic amines) is 1. The number of aromatic nitrogens is 1. The SMILES string of the molecule is CC1(O)CCN(Cc2cc(Cl)c(O[C@H]3CCc4c(-c5ccccc5F)cccc43)cc2OCc2cncc(C#N)c2)CC1. The molecule has 43 heavy (non-hydrogen) atoms. The van der Waals surface area contributed by atoms with Gasteiger partial charge in [-0.2, -0.15) is 5.26 Å². The second kappa shape index (κ2) is 12.3. The summed E-state index contributed by atoms with van der Waals surface area (Å²) in [6, 6.07) is 20.4. The van der Waals surface area contributed by atoms with Crippen molar-refractivity contribution in [1.29, 1.82) is 5.26 Å². The van der Waals surface area contributed by atoms with Gasteiger partial charge >= 0.3 is 0 Å². The van der Waals surface area contributed by atoms with Crippen LogP contribution in [0.5, 0.6) is 11.5 Å². The van der Waals surface area contributed by atoms with Gasteiger partial charge in [0.1, 0.15) is 36.1 Å². The Bertz CT molecular complexity index is 1680. The molecule has 0 bridgehead atoms. The van der Waals surface area contributed by atoms with Crippen LogP contribution in [-0.4, -0.2) is 33.7 Å². The van der Waals surface area contributed by atoms with Gasteiger partial charge in [-0.15, -0.1) is 0 Å². The molecular weight excluding hydrogens is 565 g/mol. The third-order valence-corrected chi connectivity index (χ3v) is 8.70. The Labute approximate surface area is 256 Å². The first-order chi connectivity index (χ1) is 20.8. The van der Waals surface area contributed by atoms with E-state index in [1.165, 1.54) is 12.3 Å². The third kappa shape index (κ3) is 6.52. The number of pyridine rings is 1. The predicted molar refractivity (Wildman–Crippen MR) is 163 cm³/mol. The van der Waals surface area contributed by atoms with Crippen LogP contribution < -0.4 is 9.47 Å². The van der Waals surface area contributed by atoms with E-state index in [0.717, 1.165) is 53.7 Å². The molecule has 2 heterocycles. The summed E-state index contributed by atoms with van der Waals surface area (Å²) in [5.74, 6) is 0.908. The minimum atomic E-state index is -0.645. The monoisotopic (exact) mass is 597 g/mol. The van der Waals surface area contributed by atoms with Crippen molar-refractivity contribution in [3.63, 3.8) is 0 Å². The fourth-order valence-corrected chi connectivity index (χ4v) is 6.20. The zero-order valence-electron chi connectivity index (χ0n) is 24.0. The van der Waals surface area contributed by atoms with E-state index >= 15 is 0 Å². The van der Waals surface area contributed by atoms with Gasteiger partial charge in [-0.05, 0) is 67.5 Å². The van der Waals surface area contributed by atoms with Crippen molar-refractivity contribution in [2.75, 3.05) is 13.1 Å². The number of ether oxygens (including phenoxy) is 2. The van der Waals surface area contributed by atoms with Crippen LogP contribution in [0, 0.1) is 17.1 Å². The molecule has 1 saturated heterocycles. The molecule has 1 aliphatic carbocycles. The number of fused-ring (bicyclic) bond motifs is 1. The Hall–Kier alpha value is -3.96. The molecule has 220 valence electrons. The molecule has 6 nitrogen and oxygen atoms in total. The summed E-state index contributed by atoms with van der Waals surface area (Å²) in [5.41, 5.74) is 5.12. The summed E-state index contributed by atoms with van der Waals surface area (Å²) in [5, 5.41) is 20.2. The molecule has 0 saturated carbocycles. The largest absolute Gasteiger partial charge is 0.488 e. The molecule has 2 aliphatic rings. The van der Waals surface area contributed by atoms with E-state index < -0.39 is 5.60 Å². The van der Waals surface area contributed by atoms with Crippen molar-refractivity contribution < 1.29 is 19.0 Å². The summed E-state index contributed by atoms with van der Waals surface area (Å²) in [4.78, 5) is 6.43. The van der Waals surface area contributed by atoms with Crippen LogP contribution in [0.1, 0.15) is 60.1 Å². The maximum Gasteiger partial charge on any atom is 0.142 e. The zero-order valence-corrected chi connectivity index (χ0v) is 24.8. The Morgan fingerprint density at radius 2 is 1.86 bits per heavy atom. The highest BCUT2D eigenvalue weighted by Gasteiger charge is 2.30. The molecule has 3 aromatic carbocycles. The molecule has 0 radical (unpaired) electrons. The molecule has 8 heteroatoms. The van der Waals surface area contributed by atoms with E-state index in [9.17, 15) is 14.8 Å². The number of aliphatic hydroxyl groups is 1. The predicted octanol–water partition coefficient (Wildman–Crippen LogP) is 7.40. The van der Waals surface area contributed by atoms with E-state index in [0.29, 0.717) is 47.0 Å². The summed E-state index contributed by atoms with van der Waals surface area (Å²) in [6.07, 6.45) is 5.87. The minimum Gasteiger partial charge on any atom is -0.488 e. The van der Waals surface area contributed by atoms with E-state index in [4.69, 9.17) is 21.1 Å². The molecule has 0 amide bonds. The van der Waals surface area contributed by atoms with Crippen molar-refractivity contribution in [1.82, 2.24) is 9.88 Å². The van der Waals surface area contributed by atoms with Crippen LogP contribution in [0.4, 0.5) is 4.39 Å². The van der Waals surface area contributed by atoms with Crippen LogP contribution in [0.3, 0.4) is 0 Å². The quantitative estimate of drug-likeness (QED) is 0.228. The number of rotatable bonds is 8. The maximum absolute atomic E-state index is 14.7. The smallest absolute Gasteiger partial charge is 0.142 e. The van der Waals surface area contributed by atoms with Crippen LogP contribution in [0.2, 0.25) is 5.02 Å². The third-order valence-electron chi connectivity index (χ3n) is 8.41. The minimum absolute atomic E-state index is 0.226. The second-order valence-electron chi connectivity index (χ2n) is 11.6. The van der Waals surface area contributed by atoms with E-state index in [-0.39, 0.29) is 18.5 Å². The zero-order chi connectivity index (χ0) is 30.0. The Morgan fingerprint density at radius 3 is 2.65 bits per heavy atom. The summed E-state index contributed by atoms with van der Waals surface area (Å²) in [7, 11) is 0. The van der Waals surface area contributed by atoms with E-state index in [1.54, 1.807) is 18.3 Å². The molecule has 4 aromatic rings. The summed E-state index contributed by atoms with van der Waals surface area (Å²) < 4.78 is 27.5. The van der Waals surface area contributed by atoms with Gasteiger partial charge < -0.3 is 14.6 Å². The van der Waals surface area contributed by atoms with E-state index in [1.807, 2.05) is 49.4 Å². The molecule has 0 unspecified atom stereocenters. The number of hydrogen-bond acceptors (Lipinski definition) is 6. The topological polar surface area (TPSA) is 78.6 Å². The van der Waals surface area contributed by atoms with Gasteiger partial charge in [0.25, 0.3) is 0 Å². The highest BCUT2D eigenvalue weighted by Crippen LogP contribution is 2.43. The average molecular weight is 598 g/mol. The lowest BCUT2D eigenvalue weighted by Crippen LogP contribution is -2.42. The number of benzene rings is 3. The lowest BCUT2D eigenvalue weighted by atomic mass is 9.93. The van der Waals surface area contributed by atoms with Crippen molar-refractivity contribution in [3.8, 4) is 28.7 Å². The standard InChI is InChI=1S/C35H33ClFN3O3/c1-35(41)11-13-40(14-12-35)21-25-16-30(36)34(17-33(25)42-22-24-15-23(18-38)19-39-20-24)43-32-10-9-27-26(6-4-7-29(27)32)28-5-2-3-8-31(28)37/h2-8,15-17,19-20,32,41H,9-14,21-22H2,1H3/t32-/m0/s1. The average Bonchev–Trinajstić information content (AvgIpc) is 3.42. The number of nitriles is 1. The van der Waals surface area contributed by atoms with Gasteiger partial charge in [0.15, 0.2) is 0 Å². The summed E-state index contributed by atoms with van der Waals surface area (Å²) in [6.45, 7) is 4.24. The normalized spacial score (nSPS) is 17.7. The van der Waals surface area contributed by atoms with Crippen molar-refractivity contribution in [2.24, 2.45) is 0 Å². The fourth-order valence-electron chi connectivity index (χ4n) is 5.97. The molecule has 1 aromatic heterocycles. The van der Waals surface area contributed by atoms with Gasteiger partial charge in [-0.3, -0.25) is 9.88 Å². The molecule has 1 aliphatic heterocycles. The first kappa shape index (κ1) is 29.1. The number of halogens is 2. The van der Waals surface area contributed by atoms with Gasteiger partial charge in [-0.25, -0.2) is 4.39 Å². The molecule has 6 rings (SSSR count). The fraction of sp³-hybridized carbons (Fsp3) is 0.314. The number of hydrogen-bond donors (Lipinski definition) is 1. The molecule has 0 spiro atoms. The van der Waals surface area contributed by atoms with Gasteiger partial charge in [0.05, 0.1) is 16.2 Å². The van der Waals surface area contributed by atoms with Crippen LogP contribution in [0.25, 0.3) is 11.1 Å². The Morgan fingerprint density at radius 1 is 1.07 bits per heavy atom. The second-order valence-corrected chi connectivity index (χ2v) is 12.1. The summed E-state index contributed by atoms with van der Waals surface area (Å²) >= 11 is 6.84. The van der Waals surface area contributed by atoms with Gasteiger partial charge in [0.2, 0.25) is 0 Å². The van der Waals surface area contributed by atoms with Crippen LogP contribution >= 0.6 is 11.6 Å². The number of piperidine rings is 1. The van der Waals surface area contributed by atoms with Crippen LogP contribution in [0.15, 0.2) is 73.1 Å². The van der Waals surface area contributed by atoms with Crippen LogP contribution in [-0.2, 0) is 19.6 Å². The van der Waals surface area contributed by atoms with Crippen molar-refractivity contribution >= 4 is 11.6 Å². The molecule has 1 atom stereocenters. The van der Waals surface area contributed by atoms with E-state index in [2.05, 4.69) is 16.0 Å². The molecular formula is C35H33ClFN3O3. The maximum atomic E-state index is 14.7. The lowest BCUT2D eigenvalue weighted by molar-refractivity contribution is -0.00746. The highest BCUT2D eigenvalue weighted by molar-refractivity contribution is 6.32. The van der Waals surface area contributed by atoms with Gasteiger partial charge in [0, 0.05) is 54.8 Å². The van der Waals surface area contributed by atoms with Crippen molar-refractivity contribution in [3.05, 3.63) is 112 Å². The Kier molecular flexibility index (Phi) is 8.36. The lowest BCUT2D eigenvalue weighted by Gasteiger charge is -2.36. The van der Waals surface area contributed by atoms with Crippen molar-refractivity contribution in [2.45, 2.75) is 57.5 Å². The first-order valence-corrected chi connectivity index (χ1v) is 14.9. The Balaban J connectivity index is 1.27. The molecule has 1 fully saturated rings. The first-order valence-electron chi connectivity index (χ1n) is 14.6.